The zero-order valence-corrected chi connectivity index (χ0v) is 16.1. The summed E-state index contributed by atoms with van der Waals surface area (Å²) in [6.45, 7) is 6.54. The molecule has 0 unspecified atom stereocenters. The van der Waals surface area contributed by atoms with Gasteiger partial charge in [-0.3, -0.25) is 4.79 Å². The monoisotopic (exact) mass is 385 g/mol. The van der Waals surface area contributed by atoms with Crippen molar-refractivity contribution in [3.05, 3.63) is 29.5 Å². The van der Waals surface area contributed by atoms with E-state index in [1.807, 2.05) is 4.90 Å². The molecule has 150 valence electrons. The molecule has 5 rings (SSSR count). The van der Waals surface area contributed by atoms with Gasteiger partial charge in [0.15, 0.2) is 0 Å². The number of rotatable bonds is 2. The van der Waals surface area contributed by atoms with Crippen molar-refractivity contribution in [1.82, 2.24) is 5.32 Å². The maximum atomic E-state index is 13.5. The molecule has 4 heterocycles. The third-order valence-corrected chi connectivity index (χ3v) is 6.01. The maximum absolute atomic E-state index is 13.5. The van der Waals surface area contributed by atoms with Crippen LogP contribution in [0, 0.1) is 0 Å². The molecule has 3 saturated heterocycles. The molecule has 1 amide bonds. The number of amides is 1. The van der Waals surface area contributed by atoms with Crippen LogP contribution in [0.2, 0.25) is 0 Å². The van der Waals surface area contributed by atoms with Crippen LogP contribution < -0.4 is 15.1 Å². The summed E-state index contributed by atoms with van der Waals surface area (Å²) in [6.07, 6.45) is 1.76. The van der Waals surface area contributed by atoms with E-state index in [2.05, 4.69) is 28.4 Å². The lowest BCUT2D eigenvalue weighted by atomic mass is 10.0. The van der Waals surface area contributed by atoms with Crippen LogP contribution >= 0.6 is 0 Å². The van der Waals surface area contributed by atoms with E-state index in [0.717, 1.165) is 73.9 Å². The Morgan fingerprint density at radius 1 is 0.964 bits per heavy atom. The van der Waals surface area contributed by atoms with Gasteiger partial charge in [-0.2, -0.15) is 0 Å². The van der Waals surface area contributed by atoms with Crippen molar-refractivity contribution in [2.75, 3.05) is 69.1 Å². The number of benzene rings is 1. The number of hydrogen-bond donors (Lipinski definition) is 1. The average Bonchev–Trinajstić information content (AvgIpc) is 3.06. The Bertz CT molecular complexity index is 774. The lowest BCUT2D eigenvalue weighted by Crippen LogP contribution is -2.42. The first kappa shape index (κ1) is 18.0. The van der Waals surface area contributed by atoms with Crippen LogP contribution in [-0.4, -0.2) is 71.2 Å². The van der Waals surface area contributed by atoms with Gasteiger partial charge in [0.05, 0.1) is 43.4 Å². The van der Waals surface area contributed by atoms with Gasteiger partial charge in [0.1, 0.15) is 0 Å². The highest BCUT2D eigenvalue weighted by Gasteiger charge is 2.40. The third kappa shape index (κ3) is 3.17. The van der Waals surface area contributed by atoms with Gasteiger partial charge in [0.2, 0.25) is 0 Å². The van der Waals surface area contributed by atoms with E-state index in [-0.39, 0.29) is 11.9 Å². The number of ether oxygens (including phenoxy) is 3. The van der Waals surface area contributed by atoms with E-state index < -0.39 is 0 Å². The van der Waals surface area contributed by atoms with Gasteiger partial charge in [-0.25, -0.2) is 0 Å². The van der Waals surface area contributed by atoms with E-state index in [1.54, 1.807) is 0 Å². The molecule has 1 N–H and O–H groups in total. The molecule has 0 spiro atoms. The molecule has 1 aromatic carbocycles. The highest BCUT2D eigenvalue weighted by atomic mass is 16.5. The zero-order chi connectivity index (χ0) is 18.9. The fraction of sp³-hybridized carbons (Fsp3) is 0.571. The van der Waals surface area contributed by atoms with Crippen molar-refractivity contribution >= 4 is 22.9 Å². The third-order valence-electron chi connectivity index (χ3n) is 6.01. The first-order chi connectivity index (χ1) is 13.8. The lowest BCUT2D eigenvalue weighted by Gasteiger charge is -2.32. The molecule has 0 aliphatic carbocycles. The summed E-state index contributed by atoms with van der Waals surface area (Å²) in [7, 11) is 0. The number of carbonyl (C=O) groups is 1. The first-order valence-corrected chi connectivity index (χ1v) is 10.3. The predicted octanol–water partition coefficient (Wildman–Crippen LogP) is 1.38. The van der Waals surface area contributed by atoms with Crippen molar-refractivity contribution in [3.63, 3.8) is 0 Å². The van der Waals surface area contributed by atoms with Crippen LogP contribution in [0.15, 0.2) is 23.9 Å². The van der Waals surface area contributed by atoms with E-state index in [9.17, 15) is 4.79 Å². The minimum atomic E-state index is 0.0917. The first-order valence-electron chi connectivity index (χ1n) is 10.3. The molecule has 0 saturated carbocycles. The molecule has 7 nitrogen and oxygen atoms in total. The Hall–Kier alpha value is -2.09. The average molecular weight is 385 g/mol. The summed E-state index contributed by atoms with van der Waals surface area (Å²) >= 11 is 0. The topological polar surface area (TPSA) is 63.3 Å². The standard InChI is InChI=1S/C21H27N3O4/c25-21-20(18-14-28-10-5-22-18)17-13-16(23-6-11-27-12-7-23)1-2-19(17)24(21)15-3-8-26-9-4-15/h1-2,13,15,22H,3-12,14H2/b20-18-. The van der Waals surface area contributed by atoms with E-state index in [4.69, 9.17) is 14.2 Å². The van der Waals surface area contributed by atoms with Gasteiger partial charge in [-0.1, -0.05) is 0 Å². The normalized spacial score (nSPS) is 26.4. The summed E-state index contributed by atoms with van der Waals surface area (Å²) in [4.78, 5) is 17.9. The molecule has 0 atom stereocenters. The second kappa shape index (κ2) is 7.73. The van der Waals surface area contributed by atoms with E-state index in [0.29, 0.717) is 26.4 Å². The Morgan fingerprint density at radius 3 is 2.50 bits per heavy atom. The Morgan fingerprint density at radius 2 is 1.75 bits per heavy atom. The molecule has 28 heavy (non-hydrogen) atoms. The molecule has 3 fully saturated rings. The Labute approximate surface area is 165 Å². The lowest BCUT2D eigenvalue weighted by molar-refractivity contribution is -0.113. The van der Waals surface area contributed by atoms with Gasteiger partial charge in [0, 0.05) is 50.1 Å². The van der Waals surface area contributed by atoms with Crippen LogP contribution in [0.1, 0.15) is 18.4 Å². The fourth-order valence-electron chi connectivity index (χ4n) is 4.56. The predicted molar refractivity (Wildman–Crippen MR) is 107 cm³/mol. The molecular weight excluding hydrogens is 358 g/mol. The SMILES string of the molecule is O=C1/C(=C2/COCCN2)c2cc(N3CCOCC3)ccc2N1C1CCOCC1. The Kier molecular flexibility index (Phi) is 4.96. The second-order valence-electron chi connectivity index (χ2n) is 7.65. The van der Waals surface area contributed by atoms with E-state index in [1.165, 1.54) is 0 Å². The van der Waals surface area contributed by atoms with Gasteiger partial charge in [-0.05, 0) is 31.0 Å². The number of nitrogens with one attached hydrogen (secondary N) is 1. The van der Waals surface area contributed by atoms with Crippen LogP contribution in [0.4, 0.5) is 11.4 Å². The van der Waals surface area contributed by atoms with Gasteiger partial charge in [0.25, 0.3) is 5.91 Å². The number of anilines is 2. The van der Waals surface area contributed by atoms with Crippen LogP contribution in [0.25, 0.3) is 5.57 Å². The van der Waals surface area contributed by atoms with Crippen LogP contribution in [0.3, 0.4) is 0 Å². The summed E-state index contributed by atoms with van der Waals surface area (Å²) in [6, 6.07) is 6.63. The minimum Gasteiger partial charge on any atom is -0.383 e. The molecule has 4 aliphatic heterocycles. The molecule has 0 bridgehead atoms. The van der Waals surface area contributed by atoms with Gasteiger partial charge < -0.3 is 29.3 Å². The zero-order valence-electron chi connectivity index (χ0n) is 16.1. The van der Waals surface area contributed by atoms with Crippen molar-refractivity contribution in [2.45, 2.75) is 18.9 Å². The van der Waals surface area contributed by atoms with Crippen LogP contribution in [-0.2, 0) is 19.0 Å². The number of fused-ring (bicyclic) bond motifs is 1. The number of hydrogen-bond acceptors (Lipinski definition) is 6. The maximum Gasteiger partial charge on any atom is 0.261 e. The number of nitrogens with zero attached hydrogens (tertiary/aromatic N) is 2. The molecule has 0 radical (unpaired) electrons. The summed E-state index contributed by atoms with van der Waals surface area (Å²) in [5.74, 6) is 0.0917. The molecule has 4 aliphatic rings. The van der Waals surface area contributed by atoms with Crippen LogP contribution in [0.5, 0.6) is 0 Å². The van der Waals surface area contributed by atoms with Crippen molar-refractivity contribution in [3.8, 4) is 0 Å². The fourth-order valence-corrected chi connectivity index (χ4v) is 4.56. The van der Waals surface area contributed by atoms with E-state index >= 15 is 0 Å². The number of morpholine rings is 2. The molecular formula is C21H27N3O4. The van der Waals surface area contributed by atoms with Gasteiger partial charge in [-0.15, -0.1) is 0 Å². The summed E-state index contributed by atoms with van der Waals surface area (Å²) in [5.41, 5.74) is 4.87. The summed E-state index contributed by atoms with van der Waals surface area (Å²) in [5, 5.41) is 3.40. The van der Waals surface area contributed by atoms with Crippen molar-refractivity contribution in [2.24, 2.45) is 0 Å². The molecule has 1 aromatic rings. The molecule has 0 aromatic heterocycles. The highest BCUT2D eigenvalue weighted by Crippen LogP contribution is 2.43. The van der Waals surface area contributed by atoms with Gasteiger partial charge >= 0.3 is 0 Å². The summed E-state index contributed by atoms with van der Waals surface area (Å²) < 4.78 is 16.7. The minimum absolute atomic E-state index is 0.0917. The van der Waals surface area contributed by atoms with Crippen molar-refractivity contribution in [1.29, 1.82) is 0 Å². The Balaban J connectivity index is 1.57. The second-order valence-corrected chi connectivity index (χ2v) is 7.65. The largest absolute Gasteiger partial charge is 0.383 e. The van der Waals surface area contributed by atoms with Crippen molar-refractivity contribution < 1.29 is 19.0 Å². The highest BCUT2D eigenvalue weighted by molar-refractivity contribution is 6.33. The smallest absolute Gasteiger partial charge is 0.261 e. The number of carbonyl (C=O) groups excluding carboxylic acids is 1. The molecule has 7 heteroatoms. The quantitative estimate of drug-likeness (QED) is 0.776.